The average Bonchev–Trinajstić information content (AvgIpc) is 3.12. The summed E-state index contributed by atoms with van der Waals surface area (Å²) in [5.41, 5.74) is 7.46. The first-order chi connectivity index (χ1) is 8.24. The fourth-order valence-electron chi connectivity index (χ4n) is 1.74. The molecule has 1 aliphatic carbocycles. The molecule has 0 radical (unpaired) electrons. The molecule has 0 atom stereocenters. The molecule has 0 spiro atoms. The molecule has 1 aromatic rings. The normalized spacial score (nSPS) is 15.5. The Morgan fingerprint density at radius 3 is 2.47 bits per heavy atom. The van der Waals surface area contributed by atoms with E-state index in [9.17, 15) is 0 Å². The average molecular weight is 237 g/mol. The lowest BCUT2D eigenvalue weighted by Crippen LogP contribution is -2.13. The van der Waals surface area contributed by atoms with E-state index in [-0.39, 0.29) is 0 Å². The van der Waals surface area contributed by atoms with Gasteiger partial charge in [-0.1, -0.05) is 0 Å². The van der Waals surface area contributed by atoms with E-state index in [1.54, 1.807) is 0 Å². The quantitative estimate of drug-likeness (QED) is 0.766. The van der Waals surface area contributed by atoms with Gasteiger partial charge in [0.2, 0.25) is 12.2 Å². The molecule has 1 fully saturated rings. The van der Waals surface area contributed by atoms with Crippen molar-refractivity contribution in [2.75, 3.05) is 18.9 Å². The van der Waals surface area contributed by atoms with E-state index < -0.39 is 6.29 Å². The third kappa shape index (κ3) is 3.14. The number of hydrogen-bond donors (Lipinski definition) is 1. The van der Waals surface area contributed by atoms with E-state index >= 15 is 0 Å². The highest BCUT2D eigenvalue weighted by Crippen LogP contribution is 2.39. The van der Waals surface area contributed by atoms with Gasteiger partial charge in [0.25, 0.3) is 0 Å². The molecule has 1 heterocycles. The number of nitrogens with zero attached hydrogens (tertiary/aromatic N) is 2. The molecule has 5 heteroatoms. The van der Waals surface area contributed by atoms with Gasteiger partial charge < -0.3 is 15.2 Å². The van der Waals surface area contributed by atoms with Crippen LogP contribution in [0, 0.1) is 0 Å². The molecule has 0 saturated heterocycles. The molecule has 1 aromatic heterocycles. The Kier molecular flexibility index (Phi) is 3.91. The Balaban J connectivity index is 2.21. The van der Waals surface area contributed by atoms with Crippen molar-refractivity contribution < 1.29 is 9.47 Å². The highest BCUT2D eigenvalue weighted by Gasteiger charge is 2.27. The van der Waals surface area contributed by atoms with Crippen LogP contribution in [0.2, 0.25) is 0 Å². The summed E-state index contributed by atoms with van der Waals surface area (Å²) in [6.07, 6.45) is 1.93. The van der Waals surface area contributed by atoms with Crippen LogP contribution in [-0.2, 0) is 9.47 Å². The molecule has 0 amide bonds. The van der Waals surface area contributed by atoms with Crippen LogP contribution < -0.4 is 5.73 Å². The van der Waals surface area contributed by atoms with Crippen LogP contribution in [0.3, 0.4) is 0 Å². The van der Waals surface area contributed by atoms with Gasteiger partial charge in [-0.05, 0) is 32.8 Å². The minimum absolute atomic E-state index is 0.300. The van der Waals surface area contributed by atoms with E-state index in [0.717, 1.165) is 11.4 Å². The van der Waals surface area contributed by atoms with E-state index in [1.807, 2.05) is 19.9 Å². The lowest BCUT2D eigenvalue weighted by Gasteiger charge is -2.17. The van der Waals surface area contributed by atoms with Crippen molar-refractivity contribution >= 4 is 5.95 Å². The summed E-state index contributed by atoms with van der Waals surface area (Å²) in [6.45, 7) is 5.01. The molecule has 5 nitrogen and oxygen atoms in total. The second kappa shape index (κ2) is 5.42. The van der Waals surface area contributed by atoms with Crippen LogP contribution in [0.25, 0.3) is 0 Å². The maximum atomic E-state index is 5.72. The summed E-state index contributed by atoms with van der Waals surface area (Å²) < 4.78 is 11.0. The summed E-state index contributed by atoms with van der Waals surface area (Å²) >= 11 is 0. The van der Waals surface area contributed by atoms with Crippen molar-refractivity contribution in [2.45, 2.75) is 38.9 Å². The highest BCUT2D eigenvalue weighted by molar-refractivity contribution is 5.27. The number of nitrogens with two attached hydrogens (primary N) is 1. The van der Waals surface area contributed by atoms with Crippen molar-refractivity contribution in [1.82, 2.24) is 9.97 Å². The first-order valence-electron chi connectivity index (χ1n) is 6.12. The first kappa shape index (κ1) is 12.3. The Morgan fingerprint density at radius 2 is 1.94 bits per heavy atom. The molecule has 17 heavy (non-hydrogen) atoms. The van der Waals surface area contributed by atoms with Crippen molar-refractivity contribution in [3.8, 4) is 0 Å². The molecular formula is C12H19N3O2. The summed E-state index contributed by atoms with van der Waals surface area (Å²) in [4.78, 5) is 8.45. The number of rotatable bonds is 6. The van der Waals surface area contributed by atoms with Gasteiger partial charge in [-0.2, -0.15) is 0 Å². The van der Waals surface area contributed by atoms with Gasteiger partial charge in [0.05, 0.1) is 0 Å². The monoisotopic (exact) mass is 237 g/mol. The molecule has 2 rings (SSSR count). The van der Waals surface area contributed by atoms with Crippen molar-refractivity contribution in [1.29, 1.82) is 0 Å². The zero-order chi connectivity index (χ0) is 12.3. The van der Waals surface area contributed by atoms with Crippen LogP contribution in [0.15, 0.2) is 6.07 Å². The molecule has 1 aliphatic rings. The second-order valence-electron chi connectivity index (χ2n) is 4.09. The smallest absolute Gasteiger partial charge is 0.220 e. The van der Waals surface area contributed by atoms with Crippen LogP contribution in [0.5, 0.6) is 0 Å². The standard InChI is InChI=1S/C12H19N3O2/c1-3-16-11(17-4-2)10-7-9(8-5-6-8)14-12(13)15-10/h7-8,11H,3-6H2,1-2H3,(H2,13,14,15). The van der Waals surface area contributed by atoms with E-state index in [4.69, 9.17) is 15.2 Å². The Bertz CT molecular complexity index is 374. The van der Waals surface area contributed by atoms with Crippen LogP contribution >= 0.6 is 0 Å². The molecule has 0 aliphatic heterocycles. The highest BCUT2D eigenvalue weighted by atomic mass is 16.7. The molecule has 94 valence electrons. The number of aromatic nitrogens is 2. The minimum Gasteiger partial charge on any atom is -0.368 e. The fraction of sp³-hybridized carbons (Fsp3) is 0.667. The molecular weight excluding hydrogens is 218 g/mol. The minimum atomic E-state index is -0.437. The first-order valence-corrected chi connectivity index (χ1v) is 6.12. The van der Waals surface area contributed by atoms with Gasteiger partial charge in [0.15, 0.2) is 0 Å². The third-order valence-corrected chi connectivity index (χ3v) is 2.66. The topological polar surface area (TPSA) is 70.3 Å². The van der Waals surface area contributed by atoms with Crippen molar-refractivity contribution in [3.63, 3.8) is 0 Å². The number of ether oxygens (including phenoxy) is 2. The van der Waals surface area contributed by atoms with Crippen molar-refractivity contribution in [2.24, 2.45) is 0 Å². The molecule has 2 N–H and O–H groups in total. The summed E-state index contributed by atoms with van der Waals surface area (Å²) in [7, 11) is 0. The van der Waals surface area contributed by atoms with Gasteiger partial charge in [-0.15, -0.1) is 0 Å². The predicted octanol–water partition coefficient (Wildman–Crippen LogP) is 2.01. The van der Waals surface area contributed by atoms with Gasteiger partial charge >= 0.3 is 0 Å². The second-order valence-corrected chi connectivity index (χ2v) is 4.09. The van der Waals surface area contributed by atoms with Crippen molar-refractivity contribution in [3.05, 3.63) is 17.5 Å². The van der Waals surface area contributed by atoms with Gasteiger partial charge in [-0.3, -0.25) is 0 Å². The SMILES string of the molecule is CCOC(OCC)c1cc(C2CC2)nc(N)n1. The van der Waals surface area contributed by atoms with E-state index in [0.29, 0.717) is 25.1 Å². The van der Waals surface area contributed by atoms with Gasteiger partial charge in [0, 0.05) is 24.8 Å². The maximum absolute atomic E-state index is 5.72. The van der Waals surface area contributed by atoms with Crippen LogP contribution in [-0.4, -0.2) is 23.2 Å². The van der Waals surface area contributed by atoms with Crippen LogP contribution in [0.4, 0.5) is 5.95 Å². The van der Waals surface area contributed by atoms with Crippen LogP contribution in [0.1, 0.15) is 50.3 Å². The number of anilines is 1. The summed E-state index contributed by atoms with van der Waals surface area (Å²) in [6, 6.07) is 1.95. The van der Waals surface area contributed by atoms with Gasteiger partial charge in [-0.25, -0.2) is 9.97 Å². The maximum Gasteiger partial charge on any atom is 0.220 e. The van der Waals surface area contributed by atoms with Gasteiger partial charge in [0.1, 0.15) is 5.69 Å². The zero-order valence-corrected chi connectivity index (χ0v) is 10.3. The summed E-state index contributed by atoms with van der Waals surface area (Å²) in [5, 5.41) is 0. The Morgan fingerprint density at radius 1 is 1.29 bits per heavy atom. The van der Waals surface area contributed by atoms with E-state index in [2.05, 4.69) is 9.97 Å². The Labute approximate surface area is 101 Å². The molecule has 1 saturated carbocycles. The third-order valence-electron chi connectivity index (χ3n) is 2.66. The molecule has 0 unspecified atom stereocenters. The lowest BCUT2D eigenvalue weighted by atomic mass is 10.2. The summed E-state index contributed by atoms with van der Waals surface area (Å²) in [5.74, 6) is 0.844. The largest absolute Gasteiger partial charge is 0.368 e. The lowest BCUT2D eigenvalue weighted by molar-refractivity contribution is -0.142. The number of nitrogen functional groups attached to an aromatic ring is 1. The molecule has 0 aromatic carbocycles. The molecule has 0 bridgehead atoms. The fourth-order valence-corrected chi connectivity index (χ4v) is 1.74. The van der Waals surface area contributed by atoms with E-state index in [1.165, 1.54) is 12.8 Å². The zero-order valence-electron chi connectivity index (χ0n) is 10.3. The predicted molar refractivity (Wildman–Crippen MR) is 64.4 cm³/mol. The number of hydrogen-bond acceptors (Lipinski definition) is 5. The Hall–Kier alpha value is -1.20.